The third kappa shape index (κ3) is 3.71. The highest BCUT2D eigenvalue weighted by molar-refractivity contribution is 7.89. The van der Waals surface area contributed by atoms with Crippen molar-refractivity contribution < 1.29 is 22.4 Å². The number of amides is 2. The van der Waals surface area contributed by atoms with Gasteiger partial charge < -0.3 is 5.32 Å². The molecule has 1 fully saturated rings. The summed E-state index contributed by atoms with van der Waals surface area (Å²) in [7, 11) is -4.16. The van der Waals surface area contributed by atoms with Gasteiger partial charge in [0.05, 0.1) is 4.90 Å². The zero-order valence-corrected chi connectivity index (χ0v) is 15.7. The minimum atomic E-state index is -4.16. The standard InChI is InChI=1S/C19H19FN2O4S/c1-12-3-7-15(8-4-12)27(25,26)22-17(9-10-18(22)23)19(24)21-14-6-5-13(2)16(20)11-14/h3-8,11,17H,9-10H2,1-2H3,(H,21,24)/t17-/m1/s1. The van der Waals surface area contributed by atoms with Crippen molar-refractivity contribution in [3.05, 3.63) is 59.4 Å². The molecule has 0 spiro atoms. The lowest BCUT2D eigenvalue weighted by molar-refractivity contribution is -0.128. The van der Waals surface area contributed by atoms with E-state index in [4.69, 9.17) is 0 Å². The van der Waals surface area contributed by atoms with Gasteiger partial charge >= 0.3 is 0 Å². The van der Waals surface area contributed by atoms with Crippen LogP contribution in [0.3, 0.4) is 0 Å². The van der Waals surface area contributed by atoms with E-state index in [0.717, 1.165) is 11.6 Å². The molecule has 1 heterocycles. The molecule has 8 heteroatoms. The number of nitrogens with one attached hydrogen (secondary N) is 1. The second-order valence-corrected chi connectivity index (χ2v) is 8.33. The maximum atomic E-state index is 13.7. The third-order valence-corrected chi connectivity index (χ3v) is 6.32. The van der Waals surface area contributed by atoms with Crippen LogP contribution < -0.4 is 5.32 Å². The first-order chi connectivity index (χ1) is 12.7. The van der Waals surface area contributed by atoms with Crippen molar-refractivity contribution in [2.45, 2.75) is 37.6 Å². The normalized spacial score (nSPS) is 17.2. The molecule has 1 aliphatic rings. The lowest BCUT2D eigenvalue weighted by Crippen LogP contribution is -2.45. The Hall–Kier alpha value is -2.74. The van der Waals surface area contributed by atoms with E-state index < -0.39 is 33.7 Å². The minimum Gasteiger partial charge on any atom is -0.324 e. The molecule has 0 bridgehead atoms. The van der Waals surface area contributed by atoms with Gasteiger partial charge in [-0.3, -0.25) is 9.59 Å². The molecule has 0 aromatic heterocycles. The second kappa shape index (κ2) is 7.11. The fraction of sp³-hybridized carbons (Fsp3) is 0.263. The quantitative estimate of drug-likeness (QED) is 0.870. The molecular weight excluding hydrogens is 371 g/mol. The number of carbonyl (C=O) groups excluding carboxylic acids is 2. The summed E-state index contributed by atoms with van der Waals surface area (Å²) in [4.78, 5) is 24.8. The summed E-state index contributed by atoms with van der Waals surface area (Å²) in [6.07, 6.45) is 0.0234. The first-order valence-electron chi connectivity index (χ1n) is 8.41. The number of anilines is 1. The van der Waals surface area contributed by atoms with Gasteiger partial charge in [-0.1, -0.05) is 23.8 Å². The lowest BCUT2D eigenvalue weighted by atomic mass is 10.2. The van der Waals surface area contributed by atoms with E-state index in [1.807, 2.05) is 6.92 Å². The van der Waals surface area contributed by atoms with Crippen LogP contribution in [0.1, 0.15) is 24.0 Å². The van der Waals surface area contributed by atoms with Crippen molar-refractivity contribution in [2.24, 2.45) is 0 Å². The van der Waals surface area contributed by atoms with Gasteiger partial charge in [0.25, 0.3) is 10.0 Å². The molecule has 2 amide bonds. The molecule has 0 aliphatic carbocycles. The van der Waals surface area contributed by atoms with Crippen LogP contribution in [-0.2, 0) is 19.6 Å². The molecule has 2 aromatic carbocycles. The fourth-order valence-electron chi connectivity index (χ4n) is 2.92. The van der Waals surface area contributed by atoms with Gasteiger partial charge in [-0.15, -0.1) is 0 Å². The number of halogens is 1. The van der Waals surface area contributed by atoms with Crippen LogP contribution >= 0.6 is 0 Å². The Morgan fingerprint density at radius 2 is 1.81 bits per heavy atom. The number of hydrogen-bond donors (Lipinski definition) is 1. The summed E-state index contributed by atoms with van der Waals surface area (Å²) < 4.78 is 40.1. The zero-order chi connectivity index (χ0) is 19.8. The van der Waals surface area contributed by atoms with Crippen LogP contribution in [-0.4, -0.2) is 30.6 Å². The highest BCUT2D eigenvalue weighted by atomic mass is 32.2. The van der Waals surface area contributed by atoms with E-state index in [0.29, 0.717) is 9.87 Å². The molecule has 3 rings (SSSR count). The average molecular weight is 390 g/mol. The number of benzene rings is 2. The summed E-state index contributed by atoms with van der Waals surface area (Å²) in [5.74, 6) is -1.79. The largest absolute Gasteiger partial charge is 0.324 e. The number of hydrogen-bond acceptors (Lipinski definition) is 4. The molecule has 2 aromatic rings. The summed E-state index contributed by atoms with van der Waals surface area (Å²) in [5.41, 5.74) is 1.50. The van der Waals surface area contributed by atoms with Crippen LogP contribution in [0, 0.1) is 19.7 Å². The van der Waals surface area contributed by atoms with Crippen LogP contribution in [0.4, 0.5) is 10.1 Å². The van der Waals surface area contributed by atoms with E-state index >= 15 is 0 Å². The molecule has 1 atom stereocenters. The Morgan fingerprint density at radius 1 is 1.15 bits per heavy atom. The molecule has 1 saturated heterocycles. The van der Waals surface area contributed by atoms with Crippen molar-refractivity contribution in [3.63, 3.8) is 0 Å². The Morgan fingerprint density at radius 3 is 2.44 bits per heavy atom. The highest BCUT2D eigenvalue weighted by Gasteiger charge is 2.44. The molecule has 1 N–H and O–H groups in total. The minimum absolute atomic E-state index is 0.0502. The molecule has 0 unspecified atom stereocenters. The lowest BCUT2D eigenvalue weighted by Gasteiger charge is -2.23. The Balaban J connectivity index is 1.88. The van der Waals surface area contributed by atoms with Crippen LogP contribution in [0.2, 0.25) is 0 Å². The molecule has 1 aliphatic heterocycles. The third-order valence-electron chi connectivity index (χ3n) is 4.48. The predicted octanol–water partition coefficient (Wildman–Crippen LogP) is 2.76. The highest BCUT2D eigenvalue weighted by Crippen LogP contribution is 2.28. The molecular formula is C19H19FN2O4S. The smallest absolute Gasteiger partial charge is 0.267 e. The van der Waals surface area contributed by atoms with E-state index in [1.54, 1.807) is 19.1 Å². The zero-order valence-electron chi connectivity index (χ0n) is 14.9. The number of rotatable bonds is 4. The first-order valence-corrected chi connectivity index (χ1v) is 9.85. The maximum Gasteiger partial charge on any atom is 0.267 e. The first kappa shape index (κ1) is 19.0. The van der Waals surface area contributed by atoms with Crippen molar-refractivity contribution in [1.29, 1.82) is 0 Å². The monoisotopic (exact) mass is 390 g/mol. The molecule has 27 heavy (non-hydrogen) atoms. The van der Waals surface area contributed by atoms with E-state index in [1.165, 1.54) is 24.3 Å². The van der Waals surface area contributed by atoms with E-state index in [9.17, 15) is 22.4 Å². The topological polar surface area (TPSA) is 83.6 Å². The second-order valence-electron chi connectivity index (χ2n) is 6.52. The van der Waals surface area contributed by atoms with Gasteiger partial charge in [-0.2, -0.15) is 0 Å². The van der Waals surface area contributed by atoms with Gasteiger partial charge in [0.2, 0.25) is 11.8 Å². The summed E-state index contributed by atoms with van der Waals surface area (Å²) in [5, 5.41) is 2.50. The van der Waals surface area contributed by atoms with Crippen molar-refractivity contribution in [2.75, 3.05) is 5.32 Å². The average Bonchev–Trinajstić information content (AvgIpc) is 3.01. The predicted molar refractivity (Wildman–Crippen MR) is 98.0 cm³/mol. The molecule has 6 nitrogen and oxygen atoms in total. The van der Waals surface area contributed by atoms with Gasteiger partial charge in [-0.05, 0) is 50.1 Å². The fourth-order valence-corrected chi connectivity index (χ4v) is 4.52. The number of aryl methyl sites for hydroxylation is 2. The summed E-state index contributed by atoms with van der Waals surface area (Å²) in [6.45, 7) is 3.40. The van der Waals surface area contributed by atoms with Crippen molar-refractivity contribution >= 4 is 27.5 Å². The summed E-state index contributed by atoms with van der Waals surface area (Å²) >= 11 is 0. The Bertz CT molecular complexity index is 1000. The molecule has 0 saturated carbocycles. The van der Waals surface area contributed by atoms with Gasteiger partial charge in [-0.25, -0.2) is 17.1 Å². The van der Waals surface area contributed by atoms with Crippen molar-refractivity contribution in [3.8, 4) is 0 Å². The number of carbonyl (C=O) groups is 2. The van der Waals surface area contributed by atoms with Crippen molar-refractivity contribution in [1.82, 2.24) is 4.31 Å². The number of nitrogens with zero attached hydrogens (tertiary/aromatic N) is 1. The maximum absolute atomic E-state index is 13.7. The molecule has 142 valence electrons. The van der Waals surface area contributed by atoms with Gasteiger partial charge in [0.15, 0.2) is 0 Å². The Kier molecular flexibility index (Phi) is 5.01. The Labute approximate surface area is 157 Å². The summed E-state index contributed by atoms with van der Waals surface area (Å²) in [6, 6.07) is 9.06. The van der Waals surface area contributed by atoms with E-state index in [2.05, 4.69) is 5.32 Å². The number of sulfonamides is 1. The SMILES string of the molecule is Cc1ccc(S(=O)(=O)N2C(=O)CC[C@@H]2C(=O)Nc2ccc(C)c(F)c2)cc1. The van der Waals surface area contributed by atoms with Gasteiger partial charge in [0.1, 0.15) is 11.9 Å². The molecule has 0 radical (unpaired) electrons. The van der Waals surface area contributed by atoms with Crippen LogP contribution in [0.5, 0.6) is 0 Å². The van der Waals surface area contributed by atoms with Gasteiger partial charge in [0, 0.05) is 12.1 Å². The van der Waals surface area contributed by atoms with E-state index in [-0.39, 0.29) is 23.4 Å². The van der Waals surface area contributed by atoms with Crippen LogP contribution in [0.15, 0.2) is 47.4 Å². The van der Waals surface area contributed by atoms with Crippen LogP contribution in [0.25, 0.3) is 0 Å².